The fourth-order valence-electron chi connectivity index (χ4n) is 1.41. The van der Waals surface area contributed by atoms with Gasteiger partial charge in [0, 0.05) is 34.2 Å². The van der Waals surface area contributed by atoms with E-state index >= 15 is 0 Å². The molecule has 0 bridgehead atoms. The first-order valence-corrected chi connectivity index (χ1v) is 5.72. The highest BCUT2D eigenvalue weighted by atomic mass is 35.5. The Morgan fingerprint density at radius 3 is 2.94 bits per heavy atom. The molecule has 1 aromatic rings. The minimum absolute atomic E-state index is 0.448. The Hall–Kier alpha value is -1.94. The predicted molar refractivity (Wildman–Crippen MR) is 71.6 cm³/mol. The normalized spacial score (nSPS) is 10.9. The highest BCUT2D eigenvalue weighted by Crippen LogP contribution is 2.15. The Bertz CT molecular complexity index is 459. The maximum absolute atomic E-state index is 8.47. The number of aromatic nitrogens is 2. The van der Waals surface area contributed by atoms with Crippen LogP contribution >= 0.6 is 11.6 Å². The third-order valence-corrected chi connectivity index (χ3v) is 2.74. The number of imidazole rings is 1. The molecule has 0 radical (unpaired) electrons. The summed E-state index contributed by atoms with van der Waals surface area (Å²) in [6, 6.07) is 0. The maximum Gasteiger partial charge on any atom is 0.206 e. The summed E-state index contributed by atoms with van der Waals surface area (Å²) in [6.07, 6.45) is 3.42. The van der Waals surface area contributed by atoms with Crippen LogP contribution in [0.4, 0.5) is 5.95 Å². The average molecular weight is 270 g/mol. The van der Waals surface area contributed by atoms with Gasteiger partial charge < -0.3 is 14.8 Å². The van der Waals surface area contributed by atoms with Crippen molar-refractivity contribution in [1.82, 2.24) is 20.2 Å². The molecule has 0 aliphatic carbocycles. The first-order valence-electron chi connectivity index (χ1n) is 5.34. The summed E-state index contributed by atoms with van der Waals surface area (Å²) < 4.78 is 1.80. The summed E-state index contributed by atoms with van der Waals surface area (Å²) in [6.45, 7) is 1.33. The van der Waals surface area contributed by atoms with E-state index in [4.69, 9.17) is 16.9 Å². The fraction of sp³-hybridized carbons (Fsp3) is 0.500. The van der Waals surface area contributed by atoms with Gasteiger partial charge in [0.2, 0.25) is 11.9 Å². The number of rotatable bonds is 4. The molecule has 0 amide bonds. The summed E-state index contributed by atoms with van der Waals surface area (Å²) in [7, 11) is 5.38. The van der Waals surface area contributed by atoms with Crippen molar-refractivity contribution >= 4 is 23.5 Å². The number of anilines is 1. The van der Waals surface area contributed by atoms with Crippen LogP contribution in [0.3, 0.4) is 0 Å². The third kappa shape index (κ3) is 3.53. The molecule has 0 aliphatic heterocycles. The number of hydrogen-bond donors (Lipinski definition) is 2. The number of likely N-dealkylation sites (N-methyl/N-ethyl adjacent to an activating group) is 1. The Morgan fingerprint density at radius 1 is 1.72 bits per heavy atom. The van der Waals surface area contributed by atoms with Gasteiger partial charge >= 0.3 is 0 Å². The number of halogens is 1. The lowest BCUT2D eigenvalue weighted by molar-refractivity contribution is 0.763. The van der Waals surface area contributed by atoms with Crippen molar-refractivity contribution in [2.75, 3.05) is 32.1 Å². The third-order valence-electron chi connectivity index (χ3n) is 2.39. The van der Waals surface area contributed by atoms with Gasteiger partial charge in [0.1, 0.15) is 5.15 Å². The van der Waals surface area contributed by atoms with Crippen molar-refractivity contribution < 1.29 is 0 Å². The van der Waals surface area contributed by atoms with Crippen molar-refractivity contribution in [3.63, 3.8) is 0 Å². The highest BCUT2D eigenvalue weighted by Gasteiger charge is 2.09. The van der Waals surface area contributed by atoms with Gasteiger partial charge in [-0.2, -0.15) is 5.26 Å². The summed E-state index contributed by atoms with van der Waals surface area (Å²) in [5.74, 6) is 1.23. The van der Waals surface area contributed by atoms with Crippen molar-refractivity contribution in [3.05, 3.63) is 11.3 Å². The Balaban J connectivity index is 2.45. The SMILES string of the molecule is C/N=C(\NC#N)NCCN(C)c1ncc(Cl)n1C. The minimum Gasteiger partial charge on any atom is -0.354 e. The van der Waals surface area contributed by atoms with Gasteiger partial charge in [-0.25, -0.2) is 4.98 Å². The van der Waals surface area contributed by atoms with Crippen molar-refractivity contribution in [1.29, 1.82) is 5.26 Å². The molecule has 0 spiro atoms. The number of hydrogen-bond acceptors (Lipinski definition) is 4. The molecule has 0 fully saturated rings. The standard InChI is InChI=1S/C10H16ClN7/c1-13-9(16-7-12)14-4-5-17(2)10-15-6-8(11)18(10)3/h6H,4-5H2,1-3H3,(H2,13,14,16). The topological polar surface area (TPSA) is 81.3 Å². The molecule has 1 heterocycles. The van der Waals surface area contributed by atoms with Crippen LogP contribution in [0, 0.1) is 11.5 Å². The van der Waals surface area contributed by atoms with E-state index in [1.807, 2.05) is 25.2 Å². The van der Waals surface area contributed by atoms with Crippen LogP contribution in [-0.2, 0) is 7.05 Å². The van der Waals surface area contributed by atoms with Gasteiger partial charge in [-0.15, -0.1) is 0 Å². The van der Waals surface area contributed by atoms with Gasteiger partial charge in [0.05, 0.1) is 6.20 Å². The van der Waals surface area contributed by atoms with Crippen LogP contribution in [0.5, 0.6) is 0 Å². The van der Waals surface area contributed by atoms with Crippen molar-refractivity contribution in [2.45, 2.75) is 0 Å². The molecule has 98 valence electrons. The molecule has 2 N–H and O–H groups in total. The zero-order chi connectivity index (χ0) is 13.5. The Morgan fingerprint density at radius 2 is 2.44 bits per heavy atom. The zero-order valence-electron chi connectivity index (χ0n) is 10.6. The molecule has 0 unspecified atom stereocenters. The lowest BCUT2D eigenvalue weighted by Crippen LogP contribution is -2.39. The van der Waals surface area contributed by atoms with Gasteiger partial charge in [-0.05, 0) is 0 Å². The monoisotopic (exact) mass is 269 g/mol. The van der Waals surface area contributed by atoms with E-state index in [1.165, 1.54) is 0 Å². The lowest BCUT2D eigenvalue weighted by atomic mass is 10.5. The average Bonchev–Trinajstić information content (AvgIpc) is 2.69. The van der Waals surface area contributed by atoms with E-state index < -0.39 is 0 Å². The van der Waals surface area contributed by atoms with Gasteiger partial charge in [-0.3, -0.25) is 10.3 Å². The number of nitrogens with one attached hydrogen (secondary N) is 2. The summed E-state index contributed by atoms with van der Waals surface area (Å²) in [4.78, 5) is 10.0. The predicted octanol–water partition coefficient (Wildman–Crippen LogP) is 0.156. The maximum atomic E-state index is 8.47. The van der Waals surface area contributed by atoms with Crippen LogP contribution in [0.2, 0.25) is 5.15 Å². The highest BCUT2D eigenvalue weighted by molar-refractivity contribution is 6.29. The summed E-state index contributed by atoms with van der Waals surface area (Å²) in [5, 5.41) is 14.5. The van der Waals surface area contributed by atoms with E-state index in [9.17, 15) is 0 Å². The van der Waals surface area contributed by atoms with Crippen LogP contribution in [0.1, 0.15) is 0 Å². The molecule has 1 rings (SSSR count). The van der Waals surface area contributed by atoms with Crippen molar-refractivity contribution in [2.24, 2.45) is 12.0 Å². The van der Waals surface area contributed by atoms with Gasteiger partial charge in [0.25, 0.3) is 0 Å². The van der Waals surface area contributed by atoms with E-state index in [0.717, 1.165) is 5.95 Å². The van der Waals surface area contributed by atoms with E-state index in [-0.39, 0.29) is 0 Å². The second-order valence-electron chi connectivity index (χ2n) is 3.60. The minimum atomic E-state index is 0.448. The van der Waals surface area contributed by atoms with E-state index in [0.29, 0.717) is 24.2 Å². The number of nitriles is 1. The van der Waals surface area contributed by atoms with Gasteiger partial charge in [0.15, 0.2) is 6.19 Å². The Labute approximate surface area is 111 Å². The molecule has 0 aromatic carbocycles. The Kier molecular flexibility index (Phi) is 5.27. The molecule has 0 atom stereocenters. The van der Waals surface area contributed by atoms with Crippen LogP contribution in [0.15, 0.2) is 11.2 Å². The second-order valence-corrected chi connectivity index (χ2v) is 3.98. The van der Waals surface area contributed by atoms with Crippen molar-refractivity contribution in [3.8, 4) is 6.19 Å². The van der Waals surface area contributed by atoms with Crippen LogP contribution < -0.4 is 15.5 Å². The molecule has 0 saturated heterocycles. The molecule has 7 nitrogen and oxygen atoms in total. The quantitative estimate of drug-likeness (QED) is 0.352. The van der Waals surface area contributed by atoms with E-state index in [2.05, 4.69) is 20.6 Å². The van der Waals surface area contributed by atoms with Crippen LogP contribution in [0.25, 0.3) is 0 Å². The zero-order valence-corrected chi connectivity index (χ0v) is 11.4. The molecule has 0 aliphatic rings. The smallest absolute Gasteiger partial charge is 0.206 e. The summed E-state index contributed by atoms with van der Waals surface area (Å²) >= 11 is 5.91. The molecule has 0 saturated carbocycles. The molecular weight excluding hydrogens is 254 g/mol. The second kappa shape index (κ2) is 6.71. The molecule has 1 aromatic heterocycles. The number of guanidine groups is 1. The molecule has 18 heavy (non-hydrogen) atoms. The van der Waals surface area contributed by atoms with Crippen LogP contribution in [-0.4, -0.2) is 42.7 Å². The largest absolute Gasteiger partial charge is 0.354 e. The summed E-state index contributed by atoms with van der Waals surface area (Å²) in [5.41, 5.74) is 0. The molecular formula is C10H16ClN7. The first kappa shape index (κ1) is 14.1. The number of aliphatic imine (C=N–C) groups is 1. The molecule has 8 heteroatoms. The van der Waals surface area contributed by atoms with Gasteiger partial charge in [-0.1, -0.05) is 11.6 Å². The van der Waals surface area contributed by atoms with E-state index in [1.54, 1.807) is 17.8 Å². The number of nitrogens with zero attached hydrogens (tertiary/aromatic N) is 5. The first-order chi connectivity index (χ1) is 8.60. The lowest BCUT2D eigenvalue weighted by Gasteiger charge is -2.18. The fourth-order valence-corrected chi connectivity index (χ4v) is 1.53.